The molecular formula is C15H22N4O3. The van der Waals surface area contributed by atoms with Gasteiger partial charge in [0.15, 0.2) is 0 Å². The zero-order chi connectivity index (χ0) is 15.7. The Balaban J connectivity index is 1.91. The smallest absolute Gasteiger partial charge is 0.248 e. The normalized spacial score (nSPS) is 23.7. The van der Waals surface area contributed by atoms with E-state index in [-0.39, 0.29) is 17.9 Å². The maximum atomic E-state index is 12.1. The number of carbonyl (C=O) groups excluding carboxylic acids is 1. The van der Waals surface area contributed by atoms with E-state index in [1.165, 1.54) is 0 Å². The summed E-state index contributed by atoms with van der Waals surface area (Å²) in [5.41, 5.74) is 1.84. The van der Waals surface area contributed by atoms with Crippen LogP contribution in [0.2, 0.25) is 0 Å². The van der Waals surface area contributed by atoms with Crippen LogP contribution in [-0.2, 0) is 26.3 Å². The average Bonchev–Trinajstić information content (AvgIpc) is 2.92. The van der Waals surface area contributed by atoms with Crippen LogP contribution in [0.25, 0.3) is 0 Å². The fraction of sp³-hybridized carbons (Fsp3) is 0.667. The highest BCUT2D eigenvalue weighted by atomic mass is 16.5. The van der Waals surface area contributed by atoms with Gasteiger partial charge in [-0.1, -0.05) is 0 Å². The molecule has 1 fully saturated rings. The predicted octanol–water partition coefficient (Wildman–Crippen LogP) is 0.189. The number of hydrogen-bond acceptors (Lipinski definition) is 6. The van der Waals surface area contributed by atoms with Crippen LogP contribution in [0.15, 0.2) is 6.20 Å². The quantitative estimate of drug-likeness (QED) is 0.794. The molecule has 7 heteroatoms. The van der Waals surface area contributed by atoms with Crippen LogP contribution in [0.5, 0.6) is 0 Å². The molecular weight excluding hydrogens is 284 g/mol. The number of likely N-dealkylation sites (tertiary alicyclic amines) is 1. The largest absolute Gasteiger partial charge is 0.376 e. The molecule has 7 nitrogen and oxygen atoms in total. The number of ether oxygens (including phenoxy) is 2. The minimum absolute atomic E-state index is 0.0217. The number of carbonyl (C=O) groups is 1. The Bertz CT molecular complexity index is 578. The van der Waals surface area contributed by atoms with Crippen molar-refractivity contribution in [2.45, 2.75) is 18.4 Å². The molecule has 0 bridgehead atoms. The third-order valence-corrected chi connectivity index (χ3v) is 4.36. The van der Waals surface area contributed by atoms with Gasteiger partial charge in [0.2, 0.25) is 11.9 Å². The van der Waals surface area contributed by atoms with Gasteiger partial charge in [0, 0.05) is 46.1 Å². The lowest BCUT2D eigenvalue weighted by Gasteiger charge is -2.34. The summed E-state index contributed by atoms with van der Waals surface area (Å²) in [6.07, 6.45) is 2.71. The number of nitrogens with zero attached hydrogens (tertiary/aromatic N) is 4. The zero-order valence-electron chi connectivity index (χ0n) is 13.3. The van der Waals surface area contributed by atoms with E-state index in [1.807, 2.05) is 30.1 Å². The van der Waals surface area contributed by atoms with Crippen LogP contribution in [0.3, 0.4) is 0 Å². The Morgan fingerprint density at radius 1 is 1.55 bits per heavy atom. The van der Waals surface area contributed by atoms with E-state index < -0.39 is 0 Å². The van der Waals surface area contributed by atoms with Crippen molar-refractivity contribution < 1.29 is 14.3 Å². The van der Waals surface area contributed by atoms with Crippen molar-refractivity contribution >= 4 is 11.9 Å². The van der Waals surface area contributed by atoms with Gasteiger partial charge in [-0.25, -0.2) is 9.97 Å². The average molecular weight is 306 g/mol. The molecule has 1 saturated heterocycles. The van der Waals surface area contributed by atoms with Crippen LogP contribution in [0.1, 0.15) is 17.7 Å². The summed E-state index contributed by atoms with van der Waals surface area (Å²) in [4.78, 5) is 24.9. The van der Waals surface area contributed by atoms with Crippen molar-refractivity contribution in [3.8, 4) is 0 Å². The van der Waals surface area contributed by atoms with Crippen molar-refractivity contribution in [2.24, 2.45) is 0 Å². The van der Waals surface area contributed by atoms with Gasteiger partial charge >= 0.3 is 0 Å². The number of hydrogen-bond donors (Lipinski definition) is 0. The van der Waals surface area contributed by atoms with E-state index in [4.69, 9.17) is 14.5 Å². The van der Waals surface area contributed by atoms with Gasteiger partial charge in [-0.05, 0) is 6.42 Å². The fourth-order valence-corrected chi connectivity index (χ4v) is 3.21. The molecule has 2 aliphatic rings. The second-order valence-corrected chi connectivity index (χ2v) is 6.21. The topological polar surface area (TPSA) is 67.8 Å². The van der Waals surface area contributed by atoms with Gasteiger partial charge in [-0.2, -0.15) is 0 Å². The maximum Gasteiger partial charge on any atom is 0.248 e. The lowest BCUT2D eigenvalue weighted by atomic mass is 9.80. The summed E-state index contributed by atoms with van der Waals surface area (Å²) in [7, 11) is 5.40. The Hall–Kier alpha value is -1.73. The fourth-order valence-electron chi connectivity index (χ4n) is 3.21. The molecule has 3 heterocycles. The molecule has 0 saturated carbocycles. The summed E-state index contributed by atoms with van der Waals surface area (Å²) >= 11 is 0. The number of anilines is 1. The third kappa shape index (κ3) is 2.55. The first-order chi connectivity index (χ1) is 10.6. The van der Waals surface area contributed by atoms with Crippen molar-refractivity contribution in [1.82, 2.24) is 14.9 Å². The van der Waals surface area contributed by atoms with Gasteiger partial charge < -0.3 is 19.3 Å². The van der Waals surface area contributed by atoms with E-state index in [2.05, 4.69) is 4.98 Å². The summed E-state index contributed by atoms with van der Waals surface area (Å²) in [5, 5.41) is 0. The molecule has 120 valence electrons. The standard InChI is InChI=1S/C15H22N4O3/c1-18(2)14-16-6-11-7-22-10-15(13(11)17-14)4-5-19(9-15)12(20)8-21-3/h6H,4-5,7-10H2,1-3H3/t15-/m1/s1. The highest BCUT2D eigenvalue weighted by molar-refractivity contribution is 5.78. The van der Waals surface area contributed by atoms with Gasteiger partial charge in [-0.3, -0.25) is 4.79 Å². The minimum atomic E-state index is -0.218. The molecule has 0 aliphatic carbocycles. The van der Waals surface area contributed by atoms with Gasteiger partial charge in [0.05, 0.1) is 24.3 Å². The summed E-state index contributed by atoms with van der Waals surface area (Å²) < 4.78 is 10.7. The van der Waals surface area contributed by atoms with E-state index >= 15 is 0 Å². The lowest BCUT2D eigenvalue weighted by Crippen LogP contribution is -2.42. The molecule has 2 aliphatic heterocycles. The first-order valence-corrected chi connectivity index (χ1v) is 7.44. The number of fused-ring (bicyclic) bond motifs is 2. The Morgan fingerprint density at radius 3 is 3.09 bits per heavy atom. The summed E-state index contributed by atoms with van der Waals surface area (Å²) in [6, 6.07) is 0. The van der Waals surface area contributed by atoms with Crippen molar-refractivity contribution in [2.75, 3.05) is 52.4 Å². The monoisotopic (exact) mass is 306 g/mol. The number of methoxy groups -OCH3 is 1. The van der Waals surface area contributed by atoms with E-state index in [0.717, 1.165) is 17.7 Å². The minimum Gasteiger partial charge on any atom is -0.376 e. The van der Waals surface area contributed by atoms with Gasteiger partial charge in [0.25, 0.3) is 0 Å². The molecule has 1 aromatic rings. The first kappa shape index (κ1) is 15.2. The Kier molecular flexibility index (Phi) is 4.01. The Morgan fingerprint density at radius 2 is 2.36 bits per heavy atom. The van der Waals surface area contributed by atoms with Gasteiger partial charge in [-0.15, -0.1) is 0 Å². The molecule has 0 N–H and O–H groups in total. The van der Waals surface area contributed by atoms with E-state index in [0.29, 0.717) is 32.3 Å². The molecule has 3 rings (SSSR count). The zero-order valence-corrected chi connectivity index (χ0v) is 13.3. The molecule has 1 aromatic heterocycles. The summed E-state index contributed by atoms with van der Waals surface area (Å²) in [5.74, 6) is 0.718. The molecule has 1 spiro atoms. The number of amides is 1. The Labute approximate surface area is 130 Å². The van der Waals surface area contributed by atoms with Crippen molar-refractivity contribution in [3.05, 3.63) is 17.5 Å². The molecule has 1 amide bonds. The van der Waals surface area contributed by atoms with E-state index in [1.54, 1.807) is 7.11 Å². The molecule has 0 unspecified atom stereocenters. The van der Waals surface area contributed by atoms with Crippen LogP contribution >= 0.6 is 0 Å². The highest BCUT2D eigenvalue weighted by Gasteiger charge is 2.46. The first-order valence-electron chi connectivity index (χ1n) is 7.44. The number of aromatic nitrogens is 2. The SMILES string of the molecule is COCC(=O)N1CC[C@]2(COCc3cnc(N(C)C)nc32)C1. The van der Waals surface area contributed by atoms with Crippen molar-refractivity contribution in [1.29, 1.82) is 0 Å². The van der Waals surface area contributed by atoms with Crippen molar-refractivity contribution in [3.63, 3.8) is 0 Å². The second kappa shape index (κ2) is 5.81. The van der Waals surface area contributed by atoms with Crippen LogP contribution in [0, 0.1) is 0 Å². The second-order valence-electron chi connectivity index (χ2n) is 6.21. The molecule has 22 heavy (non-hydrogen) atoms. The maximum absolute atomic E-state index is 12.1. The molecule has 0 radical (unpaired) electrons. The van der Waals surface area contributed by atoms with Crippen LogP contribution < -0.4 is 4.90 Å². The van der Waals surface area contributed by atoms with Crippen LogP contribution in [-0.4, -0.2) is 68.3 Å². The third-order valence-electron chi connectivity index (χ3n) is 4.36. The van der Waals surface area contributed by atoms with Gasteiger partial charge in [0.1, 0.15) is 6.61 Å². The lowest BCUT2D eigenvalue weighted by molar-refractivity contribution is -0.134. The highest BCUT2D eigenvalue weighted by Crippen LogP contribution is 2.39. The van der Waals surface area contributed by atoms with Crippen LogP contribution in [0.4, 0.5) is 5.95 Å². The molecule has 0 aromatic carbocycles. The van der Waals surface area contributed by atoms with E-state index in [9.17, 15) is 4.79 Å². The number of rotatable bonds is 3. The predicted molar refractivity (Wildman–Crippen MR) is 80.8 cm³/mol. The summed E-state index contributed by atoms with van der Waals surface area (Å²) in [6.45, 7) is 2.60. The molecule has 1 atom stereocenters.